The minimum atomic E-state index is 0.454. The van der Waals surface area contributed by atoms with Gasteiger partial charge in [-0.2, -0.15) is 0 Å². The van der Waals surface area contributed by atoms with Gasteiger partial charge in [0, 0.05) is 60.0 Å². The molecule has 8 heteroatoms. The summed E-state index contributed by atoms with van der Waals surface area (Å²) in [7, 11) is 0. The Kier molecular flexibility index (Phi) is 5.21. The first-order valence-electron chi connectivity index (χ1n) is 12.4. The maximum atomic E-state index is 4.75. The second kappa shape index (κ2) is 8.70. The van der Waals surface area contributed by atoms with E-state index in [0.717, 1.165) is 64.4 Å². The Balaban J connectivity index is 1.28. The number of hydrogen-bond donors (Lipinski definition) is 2. The van der Waals surface area contributed by atoms with Gasteiger partial charge in [-0.15, -0.1) is 0 Å². The van der Waals surface area contributed by atoms with Gasteiger partial charge in [0.1, 0.15) is 11.5 Å². The van der Waals surface area contributed by atoms with Crippen LogP contribution in [0.2, 0.25) is 0 Å². The average molecular weight is 482 g/mol. The summed E-state index contributed by atoms with van der Waals surface area (Å²) in [6.07, 6.45) is 11.5. The molecule has 7 rings (SSSR count). The van der Waals surface area contributed by atoms with E-state index in [9.17, 15) is 0 Å². The van der Waals surface area contributed by atoms with Crippen LogP contribution in [0.5, 0.6) is 0 Å². The van der Waals surface area contributed by atoms with Crippen LogP contribution in [-0.4, -0.2) is 49.9 Å². The molecule has 2 N–H and O–H groups in total. The maximum absolute atomic E-state index is 4.75. The fraction of sp³-hybridized carbons (Fsp3) is 0.296. The van der Waals surface area contributed by atoms with E-state index in [2.05, 4.69) is 71.7 Å². The number of imidazole rings is 1. The van der Waals surface area contributed by atoms with Gasteiger partial charge in [0.25, 0.3) is 0 Å². The molecule has 7 nitrogen and oxygen atoms in total. The monoisotopic (exact) mass is 481 g/mol. The number of anilines is 1. The first kappa shape index (κ1) is 21.0. The van der Waals surface area contributed by atoms with Crippen LogP contribution < -0.4 is 9.62 Å². The summed E-state index contributed by atoms with van der Waals surface area (Å²) in [5.74, 6) is 2.18. The summed E-state index contributed by atoms with van der Waals surface area (Å²) in [5.41, 5.74) is 7.72. The first-order valence-corrected chi connectivity index (χ1v) is 13.3. The molecule has 1 atom stereocenters. The van der Waals surface area contributed by atoms with Gasteiger partial charge >= 0.3 is 0 Å². The molecule has 0 spiro atoms. The highest BCUT2D eigenvalue weighted by Gasteiger charge is 2.19. The fourth-order valence-corrected chi connectivity index (χ4v) is 6.29. The van der Waals surface area contributed by atoms with Crippen LogP contribution in [0.15, 0.2) is 61.3 Å². The number of pyridine rings is 2. The van der Waals surface area contributed by atoms with E-state index in [1.165, 1.54) is 30.3 Å². The van der Waals surface area contributed by atoms with Gasteiger partial charge in [-0.05, 0) is 79.2 Å². The van der Waals surface area contributed by atoms with Crippen molar-refractivity contribution < 1.29 is 0 Å². The lowest BCUT2D eigenvalue weighted by molar-refractivity contribution is 0.378. The summed E-state index contributed by atoms with van der Waals surface area (Å²) in [6, 6.07) is 13.5. The lowest BCUT2D eigenvalue weighted by Crippen LogP contribution is -2.31. The van der Waals surface area contributed by atoms with Gasteiger partial charge in [0.2, 0.25) is 0 Å². The SMILES string of the molecule is c1cc(-c2cnc3[nH]cc(-c4ccc5ncn(C6CCCNC6)c5c4)c3c2)cc(N2CCCS2)n1. The Labute approximate surface area is 208 Å². The van der Waals surface area contributed by atoms with Crippen LogP contribution in [0.3, 0.4) is 0 Å². The van der Waals surface area contributed by atoms with Crippen LogP contribution in [0.1, 0.15) is 25.3 Å². The Morgan fingerprint density at radius 2 is 1.97 bits per heavy atom. The van der Waals surface area contributed by atoms with E-state index < -0.39 is 0 Å². The Morgan fingerprint density at radius 3 is 2.86 bits per heavy atom. The predicted molar refractivity (Wildman–Crippen MR) is 144 cm³/mol. The quantitative estimate of drug-likeness (QED) is 0.334. The van der Waals surface area contributed by atoms with E-state index >= 15 is 0 Å². The van der Waals surface area contributed by atoms with Gasteiger partial charge in [0.05, 0.1) is 17.4 Å². The van der Waals surface area contributed by atoms with Crippen molar-refractivity contribution in [3.05, 3.63) is 61.3 Å². The molecule has 0 radical (unpaired) electrons. The third-order valence-electron chi connectivity index (χ3n) is 7.17. The van der Waals surface area contributed by atoms with E-state index in [1.807, 2.05) is 30.7 Å². The predicted octanol–water partition coefficient (Wildman–Crippen LogP) is 5.42. The van der Waals surface area contributed by atoms with Crippen LogP contribution in [0.4, 0.5) is 5.82 Å². The van der Waals surface area contributed by atoms with Crippen molar-refractivity contribution in [2.24, 2.45) is 0 Å². The molecule has 2 fully saturated rings. The third-order valence-corrected chi connectivity index (χ3v) is 8.32. The maximum Gasteiger partial charge on any atom is 0.138 e. The molecule has 6 heterocycles. The second-order valence-corrected chi connectivity index (χ2v) is 10.5. The number of benzene rings is 1. The molecule has 2 aliphatic rings. The largest absolute Gasteiger partial charge is 0.346 e. The van der Waals surface area contributed by atoms with Gasteiger partial charge < -0.3 is 19.2 Å². The number of nitrogens with zero attached hydrogens (tertiary/aromatic N) is 5. The highest BCUT2D eigenvalue weighted by atomic mass is 32.2. The summed E-state index contributed by atoms with van der Waals surface area (Å²) in [4.78, 5) is 17.4. The molecule has 0 amide bonds. The first-order chi connectivity index (χ1) is 17.3. The lowest BCUT2D eigenvalue weighted by atomic mass is 10.0. The van der Waals surface area contributed by atoms with Crippen LogP contribution in [0.25, 0.3) is 44.3 Å². The van der Waals surface area contributed by atoms with Gasteiger partial charge in [-0.1, -0.05) is 6.07 Å². The van der Waals surface area contributed by atoms with Crippen LogP contribution in [-0.2, 0) is 0 Å². The van der Waals surface area contributed by atoms with Crippen molar-refractivity contribution in [3.8, 4) is 22.3 Å². The summed E-state index contributed by atoms with van der Waals surface area (Å²) in [5, 5.41) is 4.65. The van der Waals surface area contributed by atoms with E-state index in [1.54, 1.807) is 0 Å². The summed E-state index contributed by atoms with van der Waals surface area (Å²) in [6.45, 7) is 3.16. The number of rotatable bonds is 4. The smallest absolute Gasteiger partial charge is 0.138 e. The number of nitrogens with one attached hydrogen (secondary N) is 2. The van der Waals surface area contributed by atoms with Crippen molar-refractivity contribution >= 4 is 39.8 Å². The highest BCUT2D eigenvalue weighted by Crippen LogP contribution is 2.35. The molecule has 0 saturated carbocycles. The Morgan fingerprint density at radius 1 is 0.971 bits per heavy atom. The molecule has 4 aromatic heterocycles. The summed E-state index contributed by atoms with van der Waals surface area (Å²) >= 11 is 1.86. The van der Waals surface area contributed by atoms with Crippen LogP contribution >= 0.6 is 11.9 Å². The molecule has 0 aliphatic carbocycles. The number of aromatic amines is 1. The zero-order valence-electron chi connectivity index (χ0n) is 19.4. The molecule has 35 heavy (non-hydrogen) atoms. The fourth-order valence-electron chi connectivity index (χ4n) is 5.32. The number of H-pyrrole nitrogens is 1. The van der Waals surface area contributed by atoms with E-state index in [0.29, 0.717) is 6.04 Å². The minimum Gasteiger partial charge on any atom is -0.346 e. The molecule has 2 saturated heterocycles. The number of aromatic nitrogens is 5. The number of hydrogen-bond acceptors (Lipinski definition) is 6. The minimum absolute atomic E-state index is 0.454. The Hall–Kier alpha value is -3.36. The molecular weight excluding hydrogens is 454 g/mol. The number of piperidine rings is 1. The topological polar surface area (TPSA) is 74.7 Å². The normalized spacial score (nSPS) is 18.6. The molecule has 176 valence electrons. The highest BCUT2D eigenvalue weighted by molar-refractivity contribution is 8.00. The van der Waals surface area contributed by atoms with Crippen molar-refractivity contribution in [3.63, 3.8) is 0 Å². The molecular formula is C27H27N7S. The average Bonchev–Trinajstić information content (AvgIpc) is 3.68. The van der Waals surface area contributed by atoms with Gasteiger partial charge in [0.15, 0.2) is 0 Å². The van der Waals surface area contributed by atoms with Crippen LogP contribution in [0, 0.1) is 0 Å². The summed E-state index contributed by atoms with van der Waals surface area (Å²) < 4.78 is 4.63. The molecule has 1 unspecified atom stereocenters. The zero-order valence-corrected chi connectivity index (χ0v) is 20.3. The van der Waals surface area contributed by atoms with E-state index in [4.69, 9.17) is 4.98 Å². The Bertz CT molecular complexity index is 1510. The zero-order chi connectivity index (χ0) is 23.2. The van der Waals surface area contributed by atoms with Crippen molar-refractivity contribution in [1.82, 2.24) is 29.8 Å². The lowest BCUT2D eigenvalue weighted by Gasteiger charge is -2.24. The molecule has 0 bridgehead atoms. The van der Waals surface area contributed by atoms with E-state index in [-0.39, 0.29) is 0 Å². The second-order valence-electron chi connectivity index (χ2n) is 9.37. The van der Waals surface area contributed by atoms with Gasteiger partial charge in [-0.25, -0.2) is 15.0 Å². The number of fused-ring (bicyclic) bond motifs is 2. The van der Waals surface area contributed by atoms with Crippen molar-refractivity contribution in [2.75, 3.05) is 29.7 Å². The van der Waals surface area contributed by atoms with Gasteiger partial charge in [-0.3, -0.25) is 0 Å². The third kappa shape index (κ3) is 3.77. The van der Waals surface area contributed by atoms with Crippen molar-refractivity contribution in [2.45, 2.75) is 25.3 Å². The standard InChI is InChI=1S/C27H27N7S/c1-3-21(15-28-7-1)33-17-32-24-5-4-19(12-25(24)33)23-16-31-27-22(23)11-20(14-30-27)18-6-8-29-26(13-18)34-9-2-10-35-34/h4-6,8,11-14,16-17,21,28H,1-3,7,9-10,15H2,(H,30,31). The molecule has 5 aromatic rings. The molecule has 2 aliphatic heterocycles. The molecule has 1 aromatic carbocycles. The van der Waals surface area contributed by atoms with Crippen molar-refractivity contribution in [1.29, 1.82) is 0 Å².